The lowest BCUT2D eigenvalue weighted by Crippen LogP contribution is -2.39. The highest BCUT2D eigenvalue weighted by molar-refractivity contribution is 5.82. The summed E-state index contributed by atoms with van der Waals surface area (Å²) in [5, 5.41) is 8.70. The van der Waals surface area contributed by atoms with Crippen molar-refractivity contribution in [2.24, 2.45) is 0 Å². The van der Waals surface area contributed by atoms with E-state index in [1.807, 2.05) is 6.92 Å². The number of rotatable bonds is 7. The van der Waals surface area contributed by atoms with E-state index in [4.69, 9.17) is 9.84 Å². The zero-order chi connectivity index (χ0) is 12.7. The van der Waals surface area contributed by atoms with Gasteiger partial charge in [0, 0.05) is 6.54 Å². The summed E-state index contributed by atoms with van der Waals surface area (Å²) in [6.45, 7) is 2.16. The average molecular weight is 243 g/mol. The number of carboxylic acid groups (broad SMARTS) is 1. The Hall–Kier alpha value is -1.10. The van der Waals surface area contributed by atoms with Crippen molar-refractivity contribution >= 4 is 11.9 Å². The summed E-state index contributed by atoms with van der Waals surface area (Å²) in [5.41, 5.74) is 0. The van der Waals surface area contributed by atoms with E-state index >= 15 is 0 Å². The second-order valence-electron chi connectivity index (χ2n) is 4.43. The predicted octanol–water partition coefficient (Wildman–Crippen LogP) is 1.27. The molecule has 5 nitrogen and oxygen atoms in total. The third-order valence-electron chi connectivity index (χ3n) is 2.92. The van der Waals surface area contributed by atoms with E-state index in [-0.39, 0.29) is 25.2 Å². The van der Waals surface area contributed by atoms with Gasteiger partial charge in [0.05, 0.1) is 6.10 Å². The maximum atomic E-state index is 11.8. The SMILES string of the molecule is CCCN(CC(=O)O)C(=O)COC1CCCC1. The highest BCUT2D eigenvalue weighted by Gasteiger charge is 2.20. The summed E-state index contributed by atoms with van der Waals surface area (Å²) < 4.78 is 5.49. The van der Waals surface area contributed by atoms with Crippen molar-refractivity contribution in [2.75, 3.05) is 19.7 Å². The maximum absolute atomic E-state index is 11.8. The molecule has 1 N–H and O–H groups in total. The summed E-state index contributed by atoms with van der Waals surface area (Å²) in [4.78, 5) is 23.7. The molecule has 0 atom stereocenters. The minimum absolute atomic E-state index is 0.0119. The van der Waals surface area contributed by atoms with Gasteiger partial charge in [0.1, 0.15) is 13.2 Å². The quantitative estimate of drug-likeness (QED) is 0.731. The number of hydrogen-bond donors (Lipinski definition) is 1. The largest absolute Gasteiger partial charge is 0.480 e. The fraction of sp³-hybridized carbons (Fsp3) is 0.833. The zero-order valence-corrected chi connectivity index (χ0v) is 10.4. The first-order chi connectivity index (χ1) is 8.13. The number of hydrogen-bond acceptors (Lipinski definition) is 3. The second kappa shape index (κ2) is 7.27. The lowest BCUT2D eigenvalue weighted by Gasteiger charge is -2.21. The van der Waals surface area contributed by atoms with Crippen LogP contribution >= 0.6 is 0 Å². The van der Waals surface area contributed by atoms with Gasteiger partial charge in [0.25, 0.3) is 0 Å². The van der Waals surface area contributed by atoms with E-state index in [1.165, 1.54) is 4.90 Å². The molecule has 98 valence electrons. The monoisotopic (exact) mass is 243 g/mol. The summed E-state index contributed by atoms with van der Waals surface area (Å²) in [6, 6.07) is 0. The number of carbonyl (C=O) groups is 2. The van der Waals surface area contributed by atoms with Crippen LogP contribution in [0.15, 0.2) is 0 Å². The van der Waals surface area contributed by atoms with E-state index in [0.29, 0.717) is 6.54 Å². The first-order valence-electron chi connectivity index (χ1n) is 6.24. The van der Waals surface area contributed by atoms with Crippen LogP contribution in [0.2, 0.25) is 0 Å². The van der Waals surface area contributed by atoms with Crippen molar-refractivity contribution < 1.29 is 19.4 Å². The van der Waals surface area contributed by atoms with Crippen molar-refractivity contribution in [1.29, 1.82) is 0 Å². The van der Waals surface area contributed by atoms with Crippen molar-refractivity contribution in [3.63, 3.8) is 0 Å². The normalized spacial score (nSPS) is 16.1. The van der Waals surface area contributed by atoms with Gasteiger partial charge in [-0.05, 0) is 19.3 Å². The third-order valence-corrected chi connectivity index (χ3v) is 2.92. The van der Waals surface area contributed by atoms with Crippen molar-refractivity contribution in [1.82, 2.24) is 4.90 Å². The Morgan fingerprint density at radius 3 is 2.53 bits per heavy atom. The van der Waals surface area contributed by atoms with E-state index in [9.17, 15) is 9.59 Å². The highest BCUT2D eigenvalue weighted by Crippen LogP contribution is 2.20. The molecule has 0 saturated heterocycles. The number of carboxylic acids is 1. The van der Waals surface area contributed by atoms with Crippen molar-refractivity contribution in [3.8, 4) is 0 Å². The number of nitrogens with zero attached hydrogens (tertiary/aromatic N) is 1. The second-order valence-corrected chi connectivity index (χ2v) is 4.43. The maximum Gasteiger partial charge on any atom is 0.323 e. The van der Waals surface area contributed by atoms with E-state index in [0.717, 1.165) is 32.1 Å². The fourth-order valence-corrected chi connectivity index (χ4v) is 2.06. The molecule has 1 aliphatic rings. The predicted molar refractivity (Wildman–Crippen MR) is 62.7 cm³/mol. The topological polar surface area (TPSA) is 66.8 Å². The molecule has 0 aliphatic heterocycles. The minimum atomic E-state index is -0.979. The molecule has 1 fully saturated rings. The highest BCUT2D eigenvalue weighted by atomic mass is 16.5. The van der Waals surface area contributed by atoms with Gasteiger partial charge in [-0.25, -0.2) is 0 Å². The third kappa shape index (κ3) is 5.17. The van der Waals surface area contributed by atoms with Crippen LogP contribution in [-0.4, -0.2) is 47.7 Å². The molecule has 5 heteroatoms. The molecule has 0 spiro atoms. The number of carbonyl (C=O) groups excluding carboxylic acids is 1. The van der Waals surface area contributed by atoms with Crippen molar-refractivity contribution in [3.05, 3.63) is 0 Å². The molecular weight excluding hydrogens is 222 g/mol. The lowest BCUT2D eigenvalue weighted by atomic mass is 10.3. The lowest BCUT2D eigenvalue weighted by molar-refractivity contribution is -0.147. The van der Waals surface area contributed by atoms with Gasteiger partial charge in [0.2, 0.25) is 5.91 Å². The molecule has 17 heavy (non-hydrogen) atoms. The number of amides is 1. The molecule has 0 aromatic heterocycles. The van der Waals surface area contributed by atoms with Crippen LogP contribution in [0.3, 0.4) is 0 Å². The molecule has 0 aromatic rings. The van der Waals surface area contributed by atoms with Gasteiger partial charge in [-0.2, -0.15) is 0 Å². The van der Waals surface area contributed by atoms with Gasteiger partial charge in [-0.1, -0.05) is 19.8 Å². The van der Waals surface area contributed by atoms with E-state index < -0.39 is 5.97 Å². The van der Waals surface area contributed by atoms with Crippen LogP contribution in [0.5, 0.6) is 0 Å². The number of aliphatic carboxylic acids is 1. The number of ether oxygens (including phenoxy) is 1. The molecule has 0 heterocycles. The van der Waals surface area contributed by atoms with Crippen LogP contribution in [0.25, 0.3) is 0 Å². The van der Waals surface area contributed by atoms with Gasteiger partial charge < -0.3 is 14.7 Å². The van der Waals surface area contributed by atoms with Gasteiger partial charge >= 0.3 is 5.97 Å². The molecule has 0 bridgehead atoms. The van der Waals surface area contributed by atoms with Crippen LogP contribution in [0.1, 0.15) is 39.0 Å². The molecule has 0 aromatic carbocycles. The Balaban J connectivity index is 2.32. The first kappa shape index (κ1) is 14.0. The Labute approximate surface area is 102 Å². The van der Waals surface area contributed by atoms with Gasteiger partial charge in [-0.3, -0.25) is 9.59 Å². The smallest absolute Gasteiger partial charge is 0.323 e. The van der Waals surface area contributed by atoms with Gasteiger partial charge in [-0.15, -0.1) is 0 Å². The van der Waals surface area contributed by atoms with Crippen molar-refractivity contribution in [2.45, 2.75) is 45.1 Å². The molecule has 1 amide bonds. The Morgan fingerprint density at radius 1 is 1.35 bits per heavy atom. The summed E-state index contributed by atoms with van der Waals surface area (Å²) >= 11 is 0. The van der Waals surface area contributed by atoms with Crippen LogP contribution in [0.4, 0.5) is 0 Å². The summed E-state index contributed by atoms with van der Waals surface area (Å²) in [5.74, 6) is -1.20. The summed E-state index contributed by atoms with van der Waals surface area (Å²) in [6.07, 6.45) is 5.29. The van der Waals surface area contributed by atoms with E-state index in [1.54, 1.807) is 0 Å². The minimum Gasteiger partial charge on any atom is -0.480 e. The average Bonchev–Trinajstić information content (AvgIpc) is 2.77. The van der Waals surface area contributed by atoms with E-state index in [2.05, 4.69) is 0 Å². The standard InChI is InChI=1S/C12H21NO4/c1-2-7-13(8-12(15)16)11(14)9-17-10-5-3-4-6-10/h10H,2-9H2,1H3,(H,15,16). The Kier molecular flexibility index (Phi) is 5.97. The molecular formula is C12H21NO4. The molecule has 1 saturated carbocycles. The molecule has 0 radical (unpaired) electrons. The van der Waals surface area contributed by atoms with Crippen LogP contribution < -0.4 is 0 Å². The molecule has 0 unspecified atom stereocenters. The summed E-state index contributed by atoms with van der Waals surface area (Å²) in [7, 11) is 0. The molecule has 1 rings (SSSR count). The first-order valence-corrected chi connectivity index (χ1v) is 6.24. The van der Waals surface area contributed by atoms with Crippen LogP contribution in [-0.2, 0) is 14.3 Å². The Bertz CT molecular complexity index is 261. The van der Waals surface area contributed by atoms with Gasteiger partial charge in [0.15, 0.2) is 0 Å². The zero-order valence-electron chi connectivity index (χ0n) is 10.4. The molecule has 1 aliphatic carbocycles. The van der Waals surface area contributed by atoms with Crippen LogP contribution in [0, 0.1) is 0 Å². The Morgan fingerprint density at radius 2 is 2.00 bits per heavy atom. The fourth-order valence-electron chi connectivity index (χ4n) is 2.06.